The Kier molecular flexibility index (Phi) is 5.20. The van der Waals surface area contributed by atoms with Crippen LogP contribution in [0, 0.1) is 5.92 Å². The number of anilines is 3. The zero-order chi connectivity index (χ0) is 19.3. The number of allylic oxidation sites excluding steroid dienone is 4. The van der Waals surface area contributed by atoms with Crippen molar-refractivity contribution in [3.05, 3.63) is 114 Å². The Bertz CT molecular complexity index is 962. The fourth-order valence-electron chi connectivity index (χ4n) is 3.43. The number of nitrogens with zero attached hydrogens (tertiary/aromatic N) is 1. The summed E-state index contributed by atoms with van der Waals surface area (Å²) < 4.78 is 0. The van der Waals surface area contributed by atoms with Crippen LogP contribution in [-0.2, 0) is 0 Å². The Balaban J connectivity index is 1.66. The summed E-state index contributed by atoms with van der Waals surface area (Å²) in [5.74, 6) is 0.588. The molecule has 0 spiro atoms. The first-order valence-electron chi connectivity index (χ1n) is 9.66. The smallest absolute Gasteiger partial charge is 0.192 e. The van der Waals surface area contributed by atoms with Gasteiger partial charge in [-0.25, -0.2) is 0 Å². The highest BCUT2D eigenvalue weighted by Crippen LogP contribution is 2.34. The number of ketones is 1. The Morgan fingerprint density at radius 1 is 0.786 bits per heavy atom. The van der Waals surface area contributed by atoms with Crippen LogP contribution in [0.25, 0.3) is 0 Å². The summed E-state index contributed by atoms with van der Waals surface area (Å²) in [7, 11) is 0. The third kappa shape index (κ3) is 3.81. The maximum absolute atomic E-state index is 12.8. The van der Waals surface area contributed by atoms with E-state index in [0.29, 0.717) is 5.92 Å². The Labute approximate surface area is 166 Å². The minimum atomic E-state index is 0.0840. The van der Waals surface area contributed by atoms with Crippen molar-refractivity contribution in [2.24, 2.45) is 5.92 Å². The van der Waals surface area contributed by atoms with Crippen LogP contribution in [0.5, 0.6) is 0 Å². The summed E-state index contributed by atoms with van der Waals surface area (Å²) >= 11 is 0. The number of Topliss-reactive ketones (excluding diaryl/α,β-unsaturated/α-hetero) is 1. The molecule has 0 heterocycles. The molecule has 1 unspecified atom stereocenters. The van der Waals surface area contributed by atoms with E-state index in [1.54, 1.807) is 0 Å². The third-order valence-electron chi connectivity index (χ3n) is 4.99. The van der Waals surface area contributed by atoms with Gasteiger partial charge in [-0.1, -0.05) is 61.5 Å². The number of benzene rings is 3. The minimum Gasteiger partial charge on any atom is -0.311 e. The van der Waals surface area contributed by atoms with E-state index in [1.165, 1.54) is 0 Å². The van der Waals surface area contributed by atoms with Gasteiger partial charge in [0.1, 0.15) is 0 Å². The van der Waals surface area contributed by atoms with E-state index in [2.05, 4.69) is 42.2 Å². The summed E-state index contributed by atoms with van der Waals surface area (Å²) in [5.41, 5.74) is 4.69. The molecule has 3 aromatic carbocycles. The van der Waals surface area contributed by atoms with Crippen molar-refractivity contribution in [1.82, 2.24) is 0 Å². The molecule has 1 aliphatic carbocycles. The van der Waals surface area contributed by atoms with E-state index in [-0.39, 0.29) is 5.78 Å². The predicted molar refractivity (Wildman–Crippen MR) is 116 cm³/mol. The number of hydrogen-bond donors (Lipinski definition) is 0. The van der Waals surface area contributed by atoms with Gasteiger partial charge in [0.05, 0.1) is 0 Å². The van der Waals surface area contributed by atoms with Crippen LogP contribution in [-0.4, -0.2) is 5.78 Å². The Morgan fingerprint density at radius 3 is 1.82 bits per heavy atom. The highest BCUT2D eigenvalue weighted by Gasteiger charge is 2.15. The van der Waals surface area contributed by atoms with Gasteiger partial charge in [-0.3, -0.25) is 4.79 Å². The molecule has 0 radical (unpaired) electrons. The van der Waals surface area contributed by atoms with E-state index in [4.69, 9.17) is 0 Å². The van der Waals surface area contributed by atoms with Gasteiger partial charge in [-0.05, 0) is 60.9 Å². The van der Waals surface area contributed by atoms with Crippen LogP contribution in [0.2, 0.25) is 0 Å². The summed E-state index contributed by atoms with van der Waals surface area (Å²) in [6, 6.07) is 28.4. The molecular weight excluding hydrogens is 342 g/mol. The standard InChI is InChI=1S/C26H23NO/c1-20-12-14-21(15-13-20)26(28)22-16-18-25(19-17-22)27(23-8-4-2-5-9-23)24-10-6-3-7-11-24/h2-12,14-20H,13H2,1H3. The molecule has 0 amide bonds. The molecular formula is C26H23NO. The quantitative estimate of drug-likeness (QED) is 0.460. The van der Waals surface area contributed by atoms with Crippen molar-refractivity contribution in [1.29, 1.82) is 0 Å². The summed E-state index contributed by atoms with van der Waals surface area (Å²) in [6.45, 7) is 2.16. The molecule has 2 heteroatoms. The zero-order valence-corrected chi connectivity index (χ0v) is 16.0. The lowest BCUT2D eigenvalue weighted by atomic mass is 9.93. The monoisotopic (exact) mass is 365 g/mol. The largest absolute Gasteiger partial charge is 0.311 e. The number of hydrogen-bond acceptors (Lipinski definition) is 2. The van der Waals surface area contributed by atoms with Gasteiger partial charge in [0.25, 0.3) is 0 Å². The molecule has 3 aromatic rings. The molecule has 0 aromatic heterocycles. The molecule has 0 fully saturated rings. The normalized spacial score (nSPS) is 15.8. The van der Waals surface area contributed by atoms with E-state index < -0.39 is 0 Å². The van der Waals surface area contributed by atoms with Crippen LogP contribution in [0.15, 0.2) is 109 Å². The maximum Gasteiger partial charge on any atom is 0.192 e. The molecule has 4 rings (SSSR count). The van der Waals surface area contributed by atoms with Gasteiger partial charge in [-0.2, -0.15) is 0 Å². The predicted octanol–water partition coefficient (Wildman–Crippen LogP) is 6.86. The Morgan fingerprint density at radius 2 is 1.32 bits per heavy atom. The molecule has 0 aliphatic heterocycles. The fraction of sp³-hybridized carbons (Fsp3) is 0.115. The molecule has 1 aliphatic rings. The molecule has 2 nitrogen and oxygen atoms in total. The molecule has 138 valence electrons. The van der Waals surface area contributed by atoms with Crippen LogP contribution in [0.4, 0.5) is 17.1 Å². The second-order valence-corrected chi connectivity index (χ2v) is 7.11. The van der Waals surface area contributed by atoms with E-state index in [9.17, 15) is 4.79 Å². The number of rotatable bonds is 5. The van der Waals surface area contributed by atoms with Crippen molar-refractivity contribution in [2.45, 2.75) is 13.3 Å². The van der Waals surface area contributed by atoms with Gasteiger partial charge < -0.3 is 4.90 Å². The first-order chi connectivity index (χ1) is 13.7. The van der Waals surface area contributed by atoms with Crippen molar-refractivity contribution in [3.63, 3.8) is 0 Å². The second kappa shape index (κ2) is 8.10. The van der Waals surface area contributed by atoms with Gasteiger partial charge in [-0.15, -0.1) is 0 Å². The SMILES string of the molecule is CC1C=CC(C(=O)c2ccc(N(c3ccccc3)c3ccccc3)cc2)=CC1. The average Bonchev–Trinajstić information content (AvgIpc) is 2.76. The van der Waals surface area contributed by atoms with E-state index >= 15 is 0 Å². The van der Waals surface area contributed by atoms with Crippen LogP contribution in [0.1, 0.15) is 23.7 Å². The minimum absolute atomic E-state index is 0.0840. The summed E-state index contributed by atoms with van der Waals surface area (Å²) in [4.78, 5) is 15.0. The van der Waals surface area contributed by atoms with Gasteiger partial charge >= 0.3 is 0 Å². The number of carbonyl (C=O) groups excluding carboxylic acids is 1. The first-order valence-corrected chi connectivity index (χ1v) is 9.66. The van der Waals surface area contributed by atoms with Gasteiger partial charge in [0.2, 0.25) is 0 Å². The molecule has 0 saturated heterocycles. The lowest BCUT2D eigenvalue weighted by molar-refractivity contribution is 0.103. The molecule has 0 bridgehead atoms. The maximum atomic E-state index is 12.8. The van der Waals surface area contributed by atoms with Crippen LogP contribution >= 0.6 is 0 Å². The summed E-state index contributed by atoms with van der Waals surface area (Å²) in [5, 5.41) is 0. The molecule has 28 heavy (non-hydrogen) atoms. The van der Waals surface area contributed by atoms with Gasteiger partial charge in [0.15, 0.2) is 5.78 Å². The lowest BCUT2D eigenvalue weighted by Crippen LogP contribution is -2.10. The lowest BCUT2D eigenvalue weighted by Gasteiger charge is -2.25. The van der Waals surface area contributed by atoms with Crippen molar-refractivity contribution < 1.29 is 4.79 Å². The first kappa shape index (κ1) is 18.0. The topological polar surface area (TPSA) is 20.3 Å². The third-order valence-corrected chi connectivity index (χ3v) is 4.99. The van der Waals surface area contributed by atoms with Crippen molar-refractivity contribution in [2.75, 3.05) is 4.90 Å². The molecule has 1 atom stereocenters. The molecule has 0 saturated carbocycles. The number of carbonyl (C=O) groups is 1. The second-order valence-electron chi connectivity index (χ2n) is 7.11. The van der Waals surface area contributed by atoms with Crippen molar-refractivity contribution >= 4 is 22.8 Å². The Hall–Kier alpha value is -3.39. The highest BCUT2D eigenvalue weighted by atomic mass is 16.1. The average molecular weight is 365 g/mol. The zero-order valence-electron chi connectivity index (χ0n) is 16.0. The van der Waals surface area contributed by atoms with E-state index in [1.807, 2.05) is 72.8 Å². The highest BCUT2D eigenvalue weighted by molar-refractivity contribution is 6.10. The number of para-hydroxylation sites is 2. The fourth-order valence-corrected chi connectivity index (χ4v) is 3.43. The van der Waals surface area contributed by atoms with Crippen molar-refractivity contribution in [3.8, 4) is 0 Å². The summed E-state index contributed by atoms with van der Waals surface area (Å²) in [6.07, 6.45) is 7.02. The van der Waals surface area contributed by atoms with E-state index in [0.717, 1.165) is 34.6 Å². The van der Waals surface area contributed by atoms with Crippen LogP contribution < -0.4 is 4.90 Å². The molecule has 0 N–H and O–H groups in total. The van der Waals surface area contributed by atoms with Gasteiger partial charge in [0, 0.05) is 28.2 Å². The van der Waals surface area contributed by atoms with Crippen LogP contribution in [0.3, 0.4) is 0 Å².